The van der Waals surface area contributed by atoms with Crippen LogP contribution in [0.4, 0.5) is 0 Å². The Labute approximate surface area is 74.8 Å². The van der Waals surface area contributed by atoms with Gasteiger partial charge in [-0.15, -0.1) is 0 Å². The third-order valence-electron chi connectivity index (χ3n) is 2.43. The second-order valence-corrected chi connectivity index (χ2v) is 4.28. The van der Waals surface area contributed by atoms with E-state index in [4.69, 9.17) is 10.5 Å². The number of nitrogens with two attached hydrogens (primary N) is 1. The molecular weight excluding hydrogens is 150 g/mol. The molecule has 0 bridgehead atoms. The quantitative estimate of drug-likeness (QED) is 0.514. The first kappa shape index (κ1) is 9.75. The third-order valence-corrected chi connectivity index (χ3v) is 2.43. The van der Waals surface area contributed by atoms with Crippen LogP contribution in [0.25, 0.3) is 0 Å². The van der Waals surface area contributed by atoms with E-state index in [1.54, 1.807) is 0 Å². The molecule has 0 aromatic carbocycles. The lowest BCUT2D eigenvalue weighted by Crippen LogP contribution is -2.30. The molecule has 2 atom stereocenters. The van der Waals surface area contributed by atoms with Gasteiger partial charge in [0.2, 0.25) is 0 Å². The van der Waals surface area contributed by atoms with Gasteiger partial charge in [0.25, 0.3) is 0 Å². The van der Waals surface area contributed by atoms with Crippen molar-refractivity contribution in [3.63, 3.8) is 0 Å². The van der Waals surface area contributed by atoms with Gasteiger partial charge in [-0.05, 0) is 24.8 Å². The maximum Gasteiger partial charge on any atom is 0.111 e. The lowest BCUT2D eigenvalue weighted by atomic mass is 9.91. The molecule has 2 N–H and O–H groups in total. The highest BCUT2D eigenvalue weighted by atomic mass is 16.6. The normalized spacial score (nSPS) is 30.4. The Morgan fingerprint density at radius 3 is 2.50 bits per heavy atom. The Morgan fingerprint density at radius 1 is 1.67 bits per heavy atom. The fourth-order valence-corrected chi connectivity index (χ4v) is 1.34. The van der Waals surface area contributed by atoms with Crippen LogP contribution in [0.15, 0.2) is 12.2 Å². The summed E-state index contributed by atoms with van der Waals surface area (Å²) in [7, 11) is 0. The largest absolute Gasteiger partial charge is 0.365 e. The molecule has 70 valence electrons. The van der Waals surface area contributed by atoms with Crippen molar-refractivity contribution in [2.75, 3.05) is 6.61 Å². The lowest BCUT2D eigenvalue weighted by molar-refractivity contribution is 0.341. The van der Waals surface area contributed by atoms with Gasteiger partial charge in [-0.3, -0.25) is 0 Å². The van der Waals surface area contributed by atoms with Crippen molar-refractivity contribution in [3.05, 3.63) is 12.2 Å². The summed E-state index contributed by atoms with van der Waals surface area (Å²) in [5.74, 6) is 0.624. The first-order chi connectivity index (χ1) is 5.46. The number of ether oxygens (including phenoxy) is 1. The van der Waals surface area contributed by atoms with E-state index in [0.717, 1.165) is 18.6 Å². The first-order valence-electron chi connectivity index (χ1n) is 4.54. The SMILES string of the molecule is C=C(C(N)CC(C)C)C1(C)CO1. The Kier molecular flexibility index (Phi) is 2.59. The summed E-state index contributed by atoms with van der Waals surface area (Å²) in [4.78, 5) is 0. The highest BCUT2D eigenvalue weighted by molar-refractivity contribution is 5.23. The maximum absolute atomic E-state index is 5.96. The van der Waals surface area contributed by atoms with Crippen molar-refractivity contribution in [1.29, 1.82) is 0 Å². The molecule has 12 heavy (non-hydrogen) atoms. The fraction of sp³-hybridized carbons (Fsp3) is 0.800. The van der Waals surface area contributed by atoms with Crippen molar-refractivity contribution < 1.29 is 4.74 Å². The molecule has 2 heteroatoms. The molecule has 1 rings (SSSR count). The summed E-state index contributed by atoms with van der Waals surface area (Å²) < 4.78 is 5.28. The molecule has 0 spiro atoms. The van der Waals surface area contributed by atoms with Crippen LogP contribution in [-0.4, -0.2) is 18.2 Å². The fourth-order valence-electron chi connectivity index (χ4n) is 1.34. The Bertz CT molecular complexity index is 182. The molecule has 0 radical (unpaired) electrons. The van der Waals surface area contributed by atoms with Crippen LogP contribution < -0.4 is 5.73 Å². The van der Waals surface area contributed by atoms with Gasteiger partial charge in [0.15, 0.2) is 0 Å². The van der Waals surface area contributed by atoms with Crippen LogP contribution in [0.1, 0.15) is 27.2 Å². The molecule has 1 fully saturated rings. The summed E-state index contributed by atoms with van der Waals surface area (Å²) in [6, 6.07) is 0.0949. The number of rotatable bonds is 4. The van der Waals surface area contributed by atoms with Gasteiger partial charge in [0, 0.05) is 6.04 Å². The van der Waals surface area contributed by atoms with Gasteiger partial charge in [0.1, 0.15) is 5.60 Å². The van der Waals surface area contributed by atoms with Crippen LogP contribution in [0.2, 0.25) is 0 Å². The van der Waals surface area contributed by atoms with Gasteiger partial charge in [0.05, 0.1) is 6.61 Å². The lowest BCUT2D eigenvalue weighted by Gasteiger charge is -2.19. The van der Waals surface area contributed by atoms with E-state index < -0.39 is 0 Å². The standard InChI is InChI=1S/C10H19NO/c1-7(2)5-9(11)8(3)10(4)6-12-10/h7,9H,3,5-6,11H2,1-2,4H3. The zero-order chi connectivity index (χ0) is 9.35. The van der Waals surface area contributed by atoms with Crippen molar-refractivity contribution in [2.45, 2.75) is 38.8 Å². The van der Waals surface area contributed by atoms with Crippen LogP contribution in [-0.2, 0) is 4.74 Å². The Balaban J connectivity index is 2.42. The Morgan fingerprint density at radius 2 is 2.17 bits per heavy atom. The molecule has 1 heterocycles. The molecule has 2 unspecified atom stereocenters. The van der Waals surface area contributed by atoms with E-state index in [-0.39, 0.29) is 11.6 Å². The third kappa shape index (κ3) is 2.08. The summed E-state index contributed by atoms with van der Waals surface area (Å²) in [5.41, 5.74) is 6.91. The van der Waals surface area contributed by atoms with Crippen LogP contribution >= 0.6 is 0 Å². The molecule has 2 nitrogen and oxygen atoms in total. The minimum absolute atomic E-state index is 0.0949. The monoisotopic (exact) mass is 169 g/mol. The van der Waals surface area contributed by atoms with Crippen LogP contribution in [0.5, 0.6) is 0 Å². The maximum atomic E-state index is 5.96. The van der Waals surface area contributed by atoms with Crippen LogP contribution in [0.3, 0.4) is 0 Å². The summed E-state index contributed by atoms with van der Waals surface area (Å²) >= 11 is 0. The van der Waals surface area contributed by atoms with E-state index in [9.17, 15) is 0 Å². The van der Waals surface area contributed by atoms with Gasteiger partial charge in [-0.25, -0.2) is 0 Å². The average molecular weight is 169 g/mol. The topological polar surface area (TPSA) is 38.5 Å². The molecule has 0 amide bonds. The number of hydrogen-bond donors (Lipinski definition) is 1. The van der Waals surface area contributed by atoms with E-state index in [2.05, 4.69) is 27.4 Å². The average Bonchev–Trinajstić information content (AvgIpc) is 2.66. The number of epoxide rings is 1. The number of hydrogen-bond acceptors (Lipinski definition) is 2. The van der Waals surface area contributed by atoms with Gasteiger partial charge >= 0.3 is 0 Å². The predicted octanol–water partition coefficient (Wildman–Crippen LogP) is 1.70. The van der Waals surface area contributed by atoms with Crippen molar-refractivity contribution >= 4 is 0 Å². The summed E-state index contributed by atoms with van der Waals surface area (Å²) in [6.45, 7) is 11.2. The van der Waals surface area contributed by atoms with E-state index in [1.165, 1.54) is 0 Å². The zero-order valence-electron chi connectivity index (χ0n) is 8.26. The molecular formula is C10H19NO. The minimum Gasteiger partial charge on any atom is -0.365 e. The molecule has 1 aliphatic heterocycles. The van der Waals surface area contributed by atoms with E-state index >= 15 is 0 Å². The second kappa shape index (κ2) is 3.19. The molecule has 0 saturated carbocycles. The molecule has 0 aliphatic carbocycles. The van der Waals surface area contributed by atoms with Gasteiger partial charge in [-0.2, -0.15) is 0 Å². The summed E-state index contributed by atoms with van der Waals surface area (Å²) in [6.07, 6.45) is 0.998. The van der Waals surface area contributed by atoms with Crippen molar-refractivity contribution in [2.24, 2.45) is 11.7 Å². The van der Waals surface area contributed by atoms with E-state index in [1.807, 2.05) is 0 Å². The van der Waals surface area contributed by atoms with Crippen LogP contribution in [0, 0.1) is 5.92 Å². The summed E-state index contributed by atoms with van der Waals surface area (Å²) in [5, 5.41) is 0. The minimum atomic E-state index is -0.103. The molecule has 1 aliphatic rings. The van der Waals surface area contributed by atoms with Gasteiger partial charge in [-0.1, -0.05) is 20.4 Å². The van der Waals surface area contributed by atoms with Gasteiger partial charge < -0.3 is 10.5 Å². The van der Waals surface area contributed by atoms with E-state index in [0.29, 0.717) is 5.92 Å². The predicted molar refractivity (Wildman–Crippen MR) is 50.9 cm³/mol. The first-order valence-corrected chi connectivity index (χ1v) is 4.54. The zero-order valence-corrected chi connectivity index (χ0v) is 8.26. The van der Waals surface area contributed by atoms with Crippen molar-refractivity contribution in [1.82, 2.24) is 0 Å². The van der Waals surface area contributed by atoms with Crippen molar-refractivity contribution in [3.8, 4) is 0 Å². The second-order valence-electron chi connectivity index (χ2n) is 4.28. The highest BCUT2D eigenvalue weighted by Crippen LogP contribution is 2.35. The smallest absolute Gasteiger partial charge is 0.111 e. The molecule has 1 saturated heterocycles. The highest BCUT2D eigenvalue weighted by Gasteiger charge is 2.43. The Hall–Kier alpha value is -0.340. The molecule has 0 aromatic heterocycles. The molecule has 0 aromatic rings.